The molecule has 2 heterocycles. The number of nitrogens with one attached hydrogen (secondary N) is 2. The molecule has 31 heavy (non-hydrogen) atoms. The van der Waals surface area contributed by atoms with Crippen molar-refractivity contribution < 1.29 is 9.53 Å². The summed E-state index contributed by atoms with van der Waals surface area (Å²) in [5.74, 6) is 1.54. The van der Waals surface area contributed by atoms with E-state index in [1.54, 1.807) is 0 Å². The Labute approximate surface area is 188 Å². The zero-order valence-electron chi connectivity index (χ0n) is 19.9. The SMILES string of the molecule is CCN(C(=O)CC1CCOCC1)[C@H]1CC[C@@H](Cc2n[nH]cc2CN(C)CCNC)CC1. The molecule has 1 aliphatic heterocycles. The normalized spacial score (nSPS) is 22.7. The predicted molar refractivity (Wildman–Crippen MR) is 124 cm³/mol. The number of hydrogen-bond acceptors (Lipinski definition) is 5. The van der Waals surface area contributed by atoms with Crippen LogP contribution in [0.25, 0.3) is 0 Å². The zero-order chi connectivity index (χ0) is 22.1. The lowest BCUT2D eigenvalue weighted by Gasteiger charge is -2.37. The predicted octanol–water partition coefficient (Wildman–Crippen LogP) is 2.83. The fraction of sp³-hybridized carbons (Fsp3) is 0.833. The number of aromatic amines is 1. The quantitative estimate of drug-likeness (QED) is 0.561. The molecule has 0 aromatic carbocycles. The molecule has 176 valence electrons. The van der Waals surface area contributed by atoms with Gasteiger partial charge < -0.3 is 19.9 Å². The van der Waals surface area contributed by atoms with Gasteiger partial charge in [-0.2, -0.15) is 5.10 Å². The molecular formula is C24H43N5O2. The van der Waals surface area contributed by atoms with E-state index in [-0.39, 0.29) is 0 Å². The standard InChI is InChI=1S/C24H43N5O2/c1-4-29(24(30)16-20-9-13-31-14-10-20)22-7-5-19(6-8-22)15-23-21(17-26-27-23)18-28(3)12-11-25-2/h17,19-20,22,25H,4-16,18H2,1-3H3,(H,26,27)/t19-,22+. The first-order valence-electron chi connectivity index (χ1n) is 12.3. The van der Waals surface area contributed by atoms with Crippen LogP contribution in [-0.4, -0.2) is 78.9 Å². The molecule has 1 amide bonds. The second kappa shape index (κ2) is 12.6. The van der Waals surface area contributed by atoms with Crippen molar-refractivity contribution >= 4 is 5.91 Å². The first kappa shape index (κ1) is 24.2. The maximum Gasteiger partial charge on any atom is 0.223 e. The van der Waals surface area contributed by atoms with Crippen LogP contribution in [0.15, 0.2) is 6.20 Å². The zero-order valence-corrected chi connectivity index (χ0v) is 19.9. The molecule has 2 fully saturated rings. The molecule has 2 N–H and O–H groups in total. The molecule has 1 aromatic heterocycles. The van der Waals surface area contributed by atoms with Gasteiger partial charge in [0, 0.05) is 63.6 Å². The highest BCUT2D eigenvalue weighted by Crippen LogP contribution is 2.31. The highest BCUT2D eigenvalue weighted by Gasteiger charge is 2.30. The van der Waals surface area contributed by atoms with Crippen molar-refractivity contribution in [2.24, 2.45) is 11.8 Å². The van der Waals surface area contributed by atoms with Crippen LogP contribution in [0.2, 0.25) is 0 Å². The average Bonchev–Trinajstić information content (AvgIpc) is 3.21. The van der Waals surface area contributed by atoms with Crippen molar-refractivity contribution in [1.29, 1.82) is 0 Å². The first-order chi connectivity index (χ1) is 15.1. The third kappa shape index (κ3) is 7.29. The topological polar surface area (TPSA) is 73.5 Å². The van der Waals surface area contributed by atoms with Crippen LogP contribution >= 0.6 is 0 Å². The van der Waals surface area contributed by atoms with Gasteiger partial charge in [0.1, 0.15) is 0 Å². The van der Waals surface area contributed by atoms with E-state index in [1.165, 1.54) is 24.1 Å². The number of carbonyl (C=O) groups excluding carboxylic acids is 1. The minimum absolute atomic E-state index is 0.358. The lowest BCUT2D eigenvalue weighted by atomic mass is 9.82. The smallest absolute Gasteiger partial charge is 0.223 e. The van der Waals surface area contributed by atoms with E-state index in [4.69, 9.17) is 4.74 Å². The van der Waals surface area contributed by atoms with Crippen molar-refractivity contribution in [2.75, 3.05) is 46.9 Å². The van der Waals surface area contributed by atoms with Crippen molar-refractivity contribution in [2.45, 2.75) is 70.9 Å². The Balaban J connectivity index is 1.45. The summed E-state index contributed by atoms with van der Waals surface area (Å²) < 4.78 is 5.45. The van der Waals surface area contributed by atoms with Crippen LogP contribution < -0.4 is 5.32 Å². The van der Waals surface area contributed by atoms with Crippen LogP contribution in [-0.2, 0) is 22.5 Å². The second-order valence-electron chi connectivity index (χ2n) is 9.52. The summed E-state index contributed by atoms with van der Waals surface area (Å²) in [4.78, 5) is 17.5. The van der Waals surface area contributed by atoms with Gasteiger partial charge in [0.25, 0.3) is 0 Å². The Hall–Kier alpha value is -1.44. The van der Waals surface area contributed by atoms with Crippen LogP contribution in [0.3, 0.4) is 0 Å². The summed E-state index contributed by atoms with van der Waals surface area (Å²) in [6.45, 7) is 7.56. The third-order valence-corrected chi connectivity index (χ3v) is 7.20. The summed E-state index contributed by atoms with van der Waals surface area (Å²) in [5.41, 5.74) is 2.55. The number of carbonyl (C=O) groups is 1. The summed E-state index contributed by atoms with van der Waals surface area (Å²) in [5, 5.41) is 10.9. The van der Waals surface area contributed by atoms with E-state index in [1.807, 2.05) is 7.05 Å². The van der Waals surface area contributed by atoms with Gasteiger partial charge in [-0.05, 0) is 77.8 Å². The molecule has 0 spiro atoms. The number of nitrogens with zero attached hydrogens (tertiary/aromatic N) is 3. The van der Waals surface area contributed by atoms with Gasteiger partial charge in [0.2, 0.25) is 5.91 Å². The Kier molecular flexibility index (Phi) is 9.81. The number of likely N-dealkylation sites (N-methyl/N-ethyl adjacent to an activating group) is 2. The molecule has 0 bridgehead atoms. The van der Waals surface area contributed by atoms with Crippen molar-refractivity contribution in [3.8, 4) is 0 Å². The van der Waals surface area contributed by atoms with Gasteiger partial charge in [-0.1, -0.05) is 0 Å². The number of ether oxygens (including phenoxy) is 1. The fourth-order valence-electron chi connectivity index (χ4n) is 5.22. The molecule has 2 aliphatic rings. The maximum absolute atomic E-state index is 13.0. The van der Waals surface area contributed by atoms with Gasteiger partial charge in [0.05, 0.1) is 5.69 Å². The summed E-state index contributed by atoms with van der Waals surface area (Å²) in [6, 6.07) is 0.417. The van der Waals surface area contributed by atoms with Crippen molar-refractivity contribution in [1.82, 2.24) is 25.3 Å². The van der Waals surface area contributed by atoms with Crippen LogP contribution in [0, 0.1) is 11.8 Å². The van der Waals surface area contributed by atoms with E-state index in [2.05, 4.69) is 45.5 Å². The highest BCUT2D eigenvalue weighted by molar-refractivity contribution is 5.76. The van der Waals surface area contributed by atoms with Crippen LogP contribution in [0.1, 0.15) is 63.1 Å². The monoisotopic (exact) mass is 433 g/mol. The molecule has 7 heteroatoms. The largest absolute Gasteiger partial charge is 0.381 e. The van der Waals surface area contributed by atoms with Gasteiger partial charge in [0.15, 0.2) is 0 Å². The van der Waals surface area contributed by atoms with E-state index >= 15 is 0 Å². The van der Waals surface area contributed by atoms with Gasteiger partial charge >= 0.3 is 0 Å². The van der Waals surface area contributed by atoms with Gasteiger partial charge in [-0.3, -0.25) is 9.89 Å². The van der Waals surface area contributed by atoms with Crippen LogP contribution in [0.4, 0.5) is 0 Å². The molecule has 1 saturated heterocycles. The Morgan fingerprint density at radius 1 is 1.19 bits per heavy atom. The number of aromatic nitrogens is 2. The lowest BCUT2D eigenvalue weighted by Crippen LogP contribution is -2.43. The molecule has 1 saturated carbocycles. The van der Waals surface area contributed by atoms with Crippen LogP contribution in [0.5, 0.6) is 0 Å². The lowest BCUT2D eigenvalue weighted by molar-refractivity contribution is -0.135. The molecule has 0 radical (unpaired) electrons. The number of H-pyrrole nitrogens is 1. The molecule has 7 nitrogen and oxygen atoms in total. The van der Waals surface area contributed by atoms with Crippen molar-refractivity contribution in [3.63, 3.8) is 0 Å². The second-order valence-corrected chi connectivity index (χ2v) is 9.52. The minimum atomic E-state index is 0.358. The Bertz CT molecular complexity index is 650. The Morgan fingerprint density at radius 2 is 1.94 bits per heavy atom. The number of rotatable bonds is 11. The maximum atomic E-state index is 13.0. The molecule has 0 atom stereocenters. The van der Waals surface area contributed by atoms with E-state index < -0.39 is 0 Å². The summed E-state index contributed by atoms with van der Waals surface area (Å²) in [7, 11) is 4.15. The minimum Gasteiger partial charge on any atom is -0.381 e. The third-order valence-electron chi connectivity index (χ3n) is 7.20. The number of hydrogen-bond donors (Lipinski definition) is 2. The molecular weight excluding hydrogens is 390 g/mol. The highest BCUT2D eigenvalue weighted by atomic mass is 16.5. The molecule has 0 unspecified atom stereocenters. The van der Waals surface area contributed by atoms with E-state index in [0.29, 0.717) is 30.2 Å². The van der Waals surface area contributed by atoms with Gasteiger partial charge in [-0.25, -0.2) is 0 Å². The van der Waals surface area contributed by atoms with E-state index in [0.717, 1.165) is 71.5 Å². The first-order valence-corrected chi connectivity index (χ1v) is 12.3. The van der Waals surface area contributed by atoms with E-state index in [9.17, 15) is 4.79 Å². The number of amides is 1. The Morgan fingerprint density at radius 3 is 2.61 bits per heavy atom. The fourth-order valence-corrected chi connectivity index (χ4v) is 5.22. The molecule has 1 aromatic rings. The van der Waals surface area contributed by atoms with Crippen molar-refractivity contribution in [3.05, 3.63) is 17.5 Å². The van der Waals surface area contributed by atoms with Gasteiger partial charge in [-0.15, -0.1) is 0 Å². The molecule has 1 aliphatic carbocycles. The average molecular weight is 434 g/mol. The summed E-state index contributed by atoms with van der Waals surface area (Å²) >= 11 is 0. The summed E-state index contributed by atoms with van der Waals surface area (Å²) in [6.07, 6.45) is 10.5. The molecule has 3 rings (SSSR count).